The molecule has 0 atom stereocenters. The van der Waals surface area contributed by atoms with Crippen LogP contribution in [0, 0.1) is 29.9 Å². The molecule has 0 aliphatic heterocycles. The van der Waals surface area contributed by atoms with Crippen LogP contribution in [0.5, 0.6) is 0 Å². The number of halogens is 4. The van der Waals surface area contributed by atoms with E-state index in [-0.39, 0.29) is 16.4 Å². The van der Waals surface area contributed by atoms with Gasteiger partial charge in [-0.25, -0.2) is 13.8 Å². The van der Waals surface area contributed by atoms with Crippen LogP contribution in [0.1, 0.15) is 11.4 Å². The number of nitriles is 1. The molecule has 24 heavy (non-hydrogen) atoms. The Kier molecular flexibility index (Phi) is 4.27. The van der Waals surface area contributed by atoms with Gasteiger partial charge in [0.1, 0.15) is 17.7 Å². The average molecular weight is 364 g/mol. The third-order valence-corrected chi connectivity index (χ3v) is 4.05. The summed E-state index contributed by atoms with van der Waals surface area (Å²) in [4.78, 5) is 4.10. The predicted molar refractivity (Wildman–Crippen MR) is 88.4 cm³/mol. The number of aryl methyl sites for hydroxylation is 1. The van der Waals surface area contributed by atoms with Crippen molar-refractivity contribution in [2.45, 2.75) is 6.92 Å². The van der Waals surface area contributed by atoms with Gasteiger partial charge in [0.05, 0.1) is 16.8 Å². The fourth-order valence-corrected chi connectivity index (χ4v) is 2.90. The summed E-state index contributed by atoms with van der Waals surface area (Å²) in [6.45, 7) is 1.66. The van der Waals surface area contributed by atoms with Crippen LogP contribution in [0.15, 0.2) is 36.4 Å². The smallest absolute Gasteiger partial charge is 0.155 e. The molecule has 0 radical (unpaired) electrons. The topological polar surface area (TPSA) is 41.6 Å². The normalized spacial score (nSPS) is 10.7. The molecule has 0 saturated carbocycles. The summed E-state index contributed by atoms with van der Waals surface area (Å²) in [5.74, 6) is -1.36. The Balaban J connectivity index is 2.35. The molecule has 7 heteroatoms. The molecular formula is C17H9Cl2F2N3. The molecule has 3 aromatic rings. The first kappa shape index (κ1) is 16.4. The second-order valence-electron chi connectivity index (χ2n) is 5.01. The Bertz CT molecular complexity index is 973. The molecule has 0 aliphatic rings. The van der Waals surface area contributed by atoms with E-state index < -0.39 is 17.2 Å². The van der Waals surface area contributed by atoms with E-state index in [1.54, 1.807) is 37.3 Å². The van der Waals surface area contributed by atoms with Crippen molar-refractivity contribution in [2.75, 3.05) is 0 Å². The van der Waals surface area contributed by atoms with Gasteiger partial charge in [0.2, 0.25) is 0 Å². The number of hydrogen-bond acceptors (Lipinski definition) is 2. The number of nitrogens with zero attached hydrogens (tertiary/aromatic N) is 3. The van der Waals surface area contributed by atoms with Crippen LogP contribution in [0.4, 0.5) is 8.78 Å². The van der Waals surface area contributed by atoms with Crippen LogP contribution in [0.3, 0.4) is 0 Å². The minimum atomic E-state index is -0.977. The minimum Gasteiger partial charge on any atom is -0.295 e. The minimum absolute atomic E-state index is 0.0450. The van der Waals surface area contributed by atoms with Gasteiger partial charge in [-0.15, -0.1) is 0 Å². The van der Waals surface area contributed by atoms with Gasteiger partial charge < -0.3 is 0 Å². The molecule has 0 saturated heterocycles. The van der Waals surface area contributed by atoms with E-state index >= 15 is 0 Å². The van der Waals surface area contributed by atoms with Crippen molar-refractivity contribution in [3.63, 3.8) is 0 Å². The van der Waals surface area contributed by atoms with Crippen LogP contribution >= 0.6 is 23.2 Å². The highest BCUT2D eigenvalue weighted by Gasteiger charge is 2.24. The van der Waals surface area contributed by atoms with E-state index in [1.165, 1.54) is 4.57 Å². The lowest BCUT2D eigenvalue weighted by atomic mass is 10.1. The Hall–Kier alpha value is -2.42. The fraction of sp³-hybridized carbons (Fsp3) is 0.0588. The lowest BCUT2D eigenvalue weighted by Crippen LogP contribution is -2.03. The highest BCUT2D eigenvalue weighted by atomic mass is 35.5. The van der Waals surface area contributed by atoms with Crippen LogP contribution < -0.4 is 0 Å². The van der Waals surface area contributed by atoms with E-state index in [2.05, 4.69) is 4.98 Å². The molecule has 3 nitrogen and oxygen atoms in total. The molecule has 0 unspecified atom stereocenters. The first-order chi connectivity index (χ1) is 11.4. The molecule has 0 bridgehead atoms. The van der Waals surface area contributed by atoms with Crippen molar-refractivity contribution in [1.29, 1.82) is 5.26 Å². The number of benzene rings is 2. The van der Waals surface area contributed by atoms with Crippen molar-refractivity contribution >= 4 is 23.2 Å². The Morgan fingerprint density at radius 3 is 2.38 bits per heavy atom. The van der Waals surface area contributed by atoms with E-state index in [4.69, 9.17) is 28.5 Å². The molecule has 0 N–H and O–H groups in total. The summed E-state index contributed by atoms with van der Waals surface area (Å²) in [5, 5.41) is 9.45. The van der Waals surface area contributed by atoms with Gasteiger partial charge in [-0.1, -0.05) is 23.2 Å². The second kappa shape index (κ2) is 6.23. The first-order valence-corrected chi connectivity index (χ1v) is 7.59. The highest BCUT2D eigenvalue weighted by Crippen LogP contribution is 2.36. The van der Waals surface area contributed by atoms with Crippen molar-refractivity contribution in [1.82, 2.24) is 9.55 Å². The summed E-state index contributed by atoms with van der Waals surface area (Å²) in [7, 11) is 0. The molecule has 0 spiro atoms. The third kappa shape index (κ3) is 2.64. The molecule has 120 valence electrons. The lowest BCUT2D eigenvalue weighted by Gasteiger charge is -2.13. The fourth-order valence-electron chi connectivity index (χ4n) is 2.48. The Labute approximate surface area is 146 Å². The maximum Gasteiger partial charge on any atom is 0.155 e. The summed E-state index contributed by atoms with van der Waals surface area (Å²) < 4.78 is 30.4. The highest BCUT2D eigenvalue weighted by molar-refractivity contribution is 6.32. The zero-order valence-corrected chi connectivity index (χ0v) is 13.8. The largest absolute Gasteiger partial charge is 0.295 e. The number of aromatic nitrogens is 2. The summed E-state index contributed by atoms with van der Waals surface area (Å²) in [5.41, 5.74) is -0.0328. The first-order valence-electron chi connectivity index (χ1n) is 6.83. The molecule has 0 amide bonds. The summed E-state index contributed by atoms with van der Waals surface area (Å²) >= 11 is 12.0. The zero-order chi connectivity index (χ0) is 17.4. The third-order valence-electron chi connectivity index (χ3n) is 3.54. The molecule has 0 fully saturated rings. The van der Waals surface area contributed by atoms with Crippen molar-refractivity contribution in [2.24, 2.45) is 0 Å². The van der Waals surface area contributed by atoms with E-state index in [1.807, 2.05) is 0 Å². The van der Waals surface area contributed by atoms with E-state index in [0.29, 0.717) is 16.5 Å². The maximum atomic E-state index is 14.6. The quantitative estimate of drug-likeness (QED) is 0.619. The van der Waals surface area contributed by atoms with Crippen molar-refractivity contribution < 1.29 is 8.78 Å². The van der Waals surface area contributed by atoms with Gasteiger partial charge in [0.15, 0.2) is 11.0 Å². The van der Waals surface area contributed by atoms with E-state index in [9.17, 15) is 8.78 Å². The van der Waals surface area contributed by atoms with E-state index in [0.717, 1.165) is 12.1 Å². The molecule has 3 rings (SSSR count). The summed E-state index contributed by atoms with van der Waals surface area (Å²) in [6.07, 6.45) is 0. The van der Waals surface area contributed by atoms with Gasteiger partial charge in [-0.2, -0.15) is 5.26 Å². The standard InChI is InChI=1S/C17H9Cl2F2N3/c1-9-23-17(19)16(24(9)12-5-3-11(18)4-6-12)14-13(20)7-2-10(8-22)15(14)21/h2-7H,1H3. The molecule has 2 aromatic carbocycles. The van der Waals surface area contributed by atoms with Crippen molar-refractivity contribution in [3.8, 4) is 23.0 Å². The second-order valence-corrected chi connectivity index (χ2v) is 5.80. The Morgan fingerprint density at radius 1 is 1.08 bits per heavy atom. The van der Waals surface area contributed by atoms with Gasteiger partial charge in [-0.05, 0) is 43.3 Å². The number of hydrogen-bond donors (Lipinski definition) is 0. The van der Waals surface area contributed by atoms with Gasteiger partial charge in [0, 0.05) is 10.7 Å². The van der Waals surface area contributed by atoms with Crippen LogP contribution in [-0.2, 0) is 0 Å². The molecule has 1 aromatic heterocycles. The number of rotatable bonds is 2. The van der Waals surface area contributed by atoms with Crippen molar-refractivity contribution in [3.05, 3.63) is 69.6 Å². The average Bonchev–Trinajstić information content (AvgIpc) is 2.83. The van der Waals surface area contributed by atoms with Gasteiger partial charge in [-0.3, -0.25) is 4.57 Å². The molecule has 0 aliphatic carbocycles. The van der Waals surface area contributed by atoms with Gasteiger partial charge >= 0.3 is 0 Å². The predicted octanol–water partition coefficient (Wildman–Crippen LogP) is 5.30. The van der Waals surface area contributed by atoms with Gasteiger partial charge in [0.25, 0.3) is 0 Å². The monoisotopic (exact) mass is 363 g/mol. The lowest BCUT2D eigenvalue weighted by molar-refractivity contribution is 0.585. The van der Waals surface area contributed by atoms with Crippen LogP contribution in [-0.4, -0.2) is 9.55 Å². The summed E-state index contributed by atoms with van der Waals surface area (Å²) in [6, 6.07) is 10.5. The molecule has 1 heterocycles. The zero-order valence-electron chi connectivity index (χ0n) is 12.3. The van der Waals surface area contributed by atoms with Crippen LogP contribution in [0.25, 0.3) is 16.9 Å². The molecular weight excluding hydrogens is 355 g/mol. The maximum absolute atomic E-state index is 14.6. The SMILES string of the molecule is Cc1nc(Cl)c(-c2c(F)ccc(C#N)c2F)n1-c1ccc(Cl)cc1. The van der Waals surface area contributed by atoms with Crippen LogP contribution in [0.2, 0.25) is 10.2 Å². The Morgan fingerprint density at radius 2 is 1.75 bits per heavy atom. The number of imidazole rings is 1.